The Balaban J connectivity index is 1.26. The summed E-state index contributed by atoms with van der Waals surface area (Å²) in [5.41, 5.74) is 2.34. The van der Waals surface area contributed by atoms with Crippen LogP contribution >= 0.6 is 0 Å². The van der Waals surface area contributed by atoms with Crippen molar-refractivity contribution in [3.05, 3.63) is 59.7 Å². The van der Waals surface area contributed by atoms with E-state index in [4.69, 9.17) is 0 Å². The standard InChI is InChI=1S/C26H32F2N4O/c1-29(2)25(33)32-18-26(21-17-19(27)7-8-23(21)32)11-15-30(16-12-26)20-9-13-31(14-10-20)24-6-4-3-5-22(24)28/h3-8,17,20H,9-16,18H2,1-2H3. The Morgan fingerprint density at radius 3 is 2.33 bits per heavy atom. The number of fused-ring (bicyclic) bond motifs is 2. The van der Waals surface area contributed by atoms with E-state index in [2.05, 4.69) is 9.80 Å². The zero-order chi connectivity index (χ0) is 23.2. The highest BCUT2D eigenvalue weighted by atomic mass is 19.1. The van der Waals surface area contributed by atoms with Gasteiger partial charge in [-0.05, 0) is 74.7 Å². The number of hydrogen-bond acceptors (Lipinski definition) is 3. The van der Waals surface area contributed by atoms with E-state index in [1.54, 1.807) is 37.2 Å². The van der Waals surface area contributed by atoms with Gasteiger partial charge in [0.25, 0.3) is 0 Å². The third kappa shape index (κ3) is 3.97. The van der Waals surface area contributed by atoms with Gasteiger partial charge in [-0.3, -0.25) is 4.90 Å². The number of nitrogens with zero attached hydrogens (tertiary/aromatic N) is 4. The minimum absolute atomic E-state index is 0.0531. The molecule has 3 aliphatic heterocycles. The number of carbonyl (C=O) groups excluding carboxylic acids is 1. The fraction of sp³-hybridized carbons (Fsp3) is 0.500. The lowest BCUT2D eigenvalue weighted by molar-refractivity contribution is 0.104. The molecule has 0 N–H and O–H groups in total. The van der Waals surface area contributed by atoms with Gasteiger partial charge in [-0.15, -0.1) is 0 Å². The van der Waals surface area contributed by atoms with E-state index in [0.29, 0.717) is 18.3 Å². The van der Waals surface area contributed by atoms with Gasteiger partial charge in [0.15, 0.2) is 0 Å². The van der Waals surface area contributed by atoms with Crippen LogP contribution in [0.1, 0.15) is 31.2 Å². The van der Waals surface area contributed by atoms with E-state index >= 15 is 0 Å². The Bertz CT molecular complexity index is 1030. The maximum atomic E-state index is 14.2. The first kappa shape index (κ1) is 22.1. The van der Waals surface area contributed by atoms with Gasteiger partial charge in [-0.2, -0.15) is 0 Å². The normalized spacial score (nSPS) is 20.8. The summed E-state index contributed by atoms with van der Waals surface area (Å²) in [5.74, 6) is -0.393. The van der Waals surface area contributed by atoms with Crippen molar-refractivity contribution >= 4 is 17.4 Å². The van der Waals surface area contributed by atoms with E-state index in [1.165, 1.54) is 12.1 Å². The summed E-state index contributed by atoms with van der Waals surface area (Å²) in [6.07, 6.45) is 3.85. The lowest BCUT2D eigenvalue weighted by atomic mass is 9.74. The number of rotatable bonds is 2. The molecule has 0 atom stereocenters. The van der Waals surface area contributed by atoms with Crippen molar-refractivity contribution in [1.29, 1.82) is 0 Å². The van der Waals surface area contributed by atoms with Gasteiger partial charge in [-0.1, -0.05) is 12.1 Å². The highest BCUT2D eigenvalue weighted by molar-refractivity contribution is 5.95. The number of urea groups is 1. The molecule has 5 rings (SSSR count). The zero-order valence-corrected chi connectivity index (χ0v) is 19.4. The van der Waals surface area contributed by atoms with Crippen LogP contribution in [-0.2, 0) is 5.41 Å². The van der Waals surface area contributed by atoms with Crippen molar-refractivity contribution in [2.45, 2.75) is 37.1 Å². The second kappa shape index (κ2) is 8.60. The van der Waals surface area contributed by atoms with Crippen molar-refractivity contribution in [3.63, 3.8) is 0 Å². The molecule has 2 fully saturated rings. The molecule has 176 valence electrons. The average molecular weight is 455 g/mol. The Hall–Kier alpha value is -2.67. The fourth-order valence-corrected chi connectivity index (χ4v) is 5.98. The SMILES string of the molecule is CN(C)C(=O)N1CC2(CCN(C3CCN(c4ccccc4F)CC3)CC2)c2cc(F)ccc21. The molecule has 2 amide bonds. The number of anilines is 2. The number of para-hydroxylation sites is 1. The predicted octanol–water partition coefficient (Wildman–Crippen LogP) is 4.47. The Kier molecular flexibility index (Phi) is 5.77. The van der Waals surface area contributed by atoms with Crippen LogP contribution in [0.5, 0.6) is 0 Å². The van der Waals surface area contributed by atoms with Crippen LogP contribution in [0.2, 0.25) is 0 Å². The lowest BCUT2D eigenvalue weighted by Gasteiger charge is -2.45. The summed E-state index contributed by atoms with van der Waals surface area (Å²) in [4.78, 5) is 20.9. The number of amides is 2. The number of halogens is 2. The Morgan fingerprint density at radius 1 is 0.970 bits per heavy atom. The molecule has 0 saturated carbocycles. The molecule has 0 aromatic heterocycles. The highest BCUT2D eigenvalue weighted by Gasteiger charge is 2.47. The van der Waals surface area contributed by atoms with Crippen molar-refractivity contribution < 1.29 is 13.6 Å². The van der Waals surface area contributed by atoms with E-state index in [-0.39, 0.29) is 23.1 Å². The summed E-state index contributed by atoms with van der Waals surface area (Å²) < 4.78 is 28.4. The van der Waals surface area contributed by atoms with Crippen molar-refractivity contribution in [1.82, 2.24) is 9.80 Å². The van der Waals surface area contributed by atoms with Gasteiger partial charge < -0.3 is 14.7 Å². The van der Waals surface area contributed by atoms with Gasteiger partial charge in [-0.25, -0.2) is 13.6 Å². The lowest BCUT2D eigenvalue weighted by Crippen LogP contribution is -2.52. The van der Waals surface area contributed by atoms with Crippen LogP contribution in [0.15, 0.2) is 42.5 Å². The van der Waals surface area contributed by atoms with Crippen LogP contribution in [0.25, 0.3) is 0 Å². The van der Waals surface area contributed by atoms with Gasteiger partial charge in [0, 0.05) is 50.9 Å². The minimum atomic E-state index is -0.241. The number of piperidine rings is 2. The van der Waals surface area contributed by atoms with E-state index in [9.17, 15) is 13.6 Å². The molecule has 2 aromatic rings. The molecule has 7 heteroatoms. The van der Waals surface area contributed by atoms with Crippen LogP contribution in [-0.4, -0.2) is 68.7 Å². The van der Waals surface area contributed by atoms with E-state index < -0.39 is 0 Å². The molecule has 33 heavy (non-hydrogen) atoms. The summed E-state index contributed by atoms with van der Waals surface area (Å²) in [7, 11) is 3.51. The molecular formula is C26H32F2N4O. The van der Waals surface area contributed by atoms with Crippen LogP contribution < -0.4 is 9.80 Å². The monoisotopic (exact) mass is 454 g/mol. The number of benzene rings is 2. The van der Waals surface area contributed by atoms with Crippen molar-refractivity contribution in [2.24, 2.45) is 0 Å². The molecule has 0 unspecified atom stereocenters. The summed E-state index contributed by atoms with van der Waals surface area (Å²) in [6, 6.07) is 12.3. The first-order valence-electron chi connectivity index (χ1n) is 11.9. The van der Waals surface area contributed by atoms with Crippen LogP contribution in [0.4, 0.5) is 25.0 Å². The van der Waals surface area contributed by atoms with Crippen LogP contribution in [0.3, 0.4) is 0 Å². The number of carbonyl (C=O) groups is 1. The molecule has 5 nitrogen and oxygen atoms in total. The molecule has 0 bridgehead atoms. The molecule has 1 spiro atoms. The molecular weight excluding hydrogens is 422 g/mol. The van der Waals surface area contributed by atoms with E-state index in [0.717, 1.165) is 63.1 Å². The van der Waals surface area contributed by atoms with Gasteiger partial charge in [0.1, 0.15) is 11.6 Å². The highest BCUT2D eigenvalue weighted by Crippen LogP contribution is 2.48. The summed E-state index contributed by atoms with van der Waals surface area (Å²) in [5, 5.41) is 0. The third-order valence-corrected chi connectivity index (χ3v) is 7.82. The summed E-state index contributed by atoms with van der Waals surface area (Å²) >= 11 is 0. The number of hydrogen-bond donors (Lipinski definition) is 0. The molecule has 2 saturated heterocycles. The molecule has 3 heterocycles. The van der Waals surface area contributed by atoms with Gasteiger partial charge in [0.05, 0.1) is 5.69 Å². The van der Waals surface area contributed by atoms with Crippen molar-refractivity contribution in [3.8, 4) is 0 Å². The topological polar surface area (TPSA) is 30.0 Å². The first-order chi connectivity index (χ1) is 15.9. The minimum Gasteiger partial charge on any atom is -0.369 e. The van der Waals surface area contributed by atoms with Crippen molar-refractivity contribution in [2.75, 3.05) is 56.6 Å². The molecule has 0 aliphatic carbocycles. The summed E-state index contributed by atoms with van der Waals surface area (Å²) in [6.45, 7) is 4.19. The second-order valence-electron chi connectivity index (χ2n) is 9.91. The average Bonchev–Trinajstić information content (AvgIpc) is 3.12. The Labute approximate surface area is 194 Å². The fourth-order valence-electron chi connectivity index (χ4n) is 5.98. The van der Waals surface area contributed by atoms with Gasteiger partial charge >= 0.3 is 6.03 Å². The zero-order valence-electron chi connectivity index (χ0n) is 19.4. The smallest absolute Gasteiger partial charge is 0.323 e. The Morgan fingerprint density at radius 2 is 1.67 bits per heavy atom. The maximum absolute atomic E-state index is 14.2. The molecule has 3 aliphatic rings. The second-order valence-corrected chi connectivity index (χ2v) is 9.91. The van der Waals surface area contributed by atoms with E-state index in [1.807, 2.05) is 17.0 Å². The maximum Gasteiger partial charge on any atom is 0.323 e. The molecule has 2 aromatic carbocycles. The predicted molar refractivity (Wildman–Crippen MR) is 127 cm³/mol. The van der Waals surface area contributed by atoms with Gasteiger partial charge in [0.2, 0.25) is 0 Å². The first-order valence-corrected chi connectivity index (χ1v) is 11.9. The third-order valence-electron chi connectivity index (χ3n) is 7.82. The molecule has 0 radical (unpaired) electrons. The van der Waals surface area contributed by atoms with Crippen LogP contribution in [0, 0.1) is 11.6 Å². The largest absolute Gasteiger partial charge is 0.369 e. The quantitative estimate of drug-likeness (QED) is 0.671. The number of likely N-dealkylation sites (tertiary alicyclic amines) is 1.